The molecule has 0 radical (unpaired) electrons. The van der Waals surface area contributed by atoms with E-state index < -0.39 is 23.4 Å². The molecule has 0 aromatic heterocycles. The number of rotatable bonds is 8. The van der Waals surface area contributed by atoms with E-state index in [0.717, 1.165) is 15.5 Å². The number of thioether (sulfide) groups is 1. The summed E-state index contributed by atoms with van der Waals surface area (Å²) in [5, 5.41) is 5.67. The zero-order valence-corrected chi connectivity index (χ0v) is 19.1. The summed E-state index contributed by atoms with van der Waals surface area (Å²) in [7, 11) is 0. The van der Waals surface area contributed by atoms with Gasteiger partial charge in [0.15, 0.2) is 0 Å². The van der Waals surface area contributed by atoms with Gasteiger partial charge in [-0.25, -0.2) is 4.79 Å². The summed E-state index contributed by atoms with van der Waals surface area (Å²) in [5.41, 5.74) is 1.39. The van der Waals surface area contributed by atoms with Crippen molar-refractivity contribution < 1.29 is 14.4 Å². The van der Waals surface area contributed by atoms with Crippen LogP contribution in [0.2, 0.25) is 0 Å². The van der Waals surface area contributed by atoms with Crippen molar-refractivity contribution in [3.05, 3.63) is 96.1 Å². The number of hydrogen-bond donors (Lipinski definition) is 2. The molecule has 0 unspecified atom stereocenters. The summed E-state index contributed by atoms with van der Waals surface area (Å²) in [5.74, 6) is -0.0778. The van der Waals surface area contributed by atoms with Gasteiger partial charge in [-0.15, -0.1) is 11.8 Å². The molecule has 1 aliphatic rings. The van der Waals surface area contributed by atoms with Crippen LogP contribution in [0.3, 0.4) is 0 Å². The molecule has 1 fully saturated rings. The minimum absolute atomic E-state index is 0.350. The van der Waals surface area contributed by atoms with Crippen molar-refractivity contribution >= 4 is 35.3 Å². The van der Waals surface area contributed by atoms with E-state index in [1.54, 1.807) is 11.8 Å². The molecule has 33 heavy (non-hydrogen) atoms. The molecule has 0 bridgehead atoms. The number of para-hydroxylation sites is 1. The van der Waals surface area contributed by atoms with E-state index in [4.69, 9.17) is 0 Å². The van der Waals surface area contributed by atoms with Crippen LogP contribution in [-0.4, -0.2) is 29.3 Å². The second kappa shape index (κ2) is 9.92. The van der Waals surface area contributed by atoms with Gasteiger partial charge >= 0.3 is 6.03 Å². The van der Waals surface area contributed by atoms with Crippen LogP contribution in [0.5, 0.6) is 0 Å². The van der Waals surface area contributed by atoms with E-state index in [1.165, 1.54) is 5.56 Å². The first-order chi connectivity index (χ1) is 16.0. The molecule has 2 N–H and O–H groups in total. The van der Waals surface area contributed by atoms with Gasteiger partial charge in [0, 0.05) is 10.6 Å². The molecule has 7 heteroatoms. The molecule has 0 saturated carbocycles. The van der Waals surface area contributed by atoms with Crippen LogP contribution in [-0.2, 0) is 20.9 Å². The summed E-state index contributed by atoms with van der Waals surface area (Å²) in [4.78, 5) is 40.6. The number of urea groups is 1. The van der Waals surface area contributed by atoms with E-state index in [1.807, 2.05) is 79.7 Å². The smallest absolute Gasteiger partial charge is 0.324 e. The first-order valence-corrected chi connectivity index (χ1v) is 11.8. The van der Waals surface area contributed by atoms with Crippen LogP contribution in [0.15, 0.2) is 89.8 Å². The number of nitrogens with zero attached hydrogens (tertiary/aromatic N) is 1. The van der Waals surface area contributed by atoms with Crippen LogP contribution in [0.25, 0.3) is 0 Å². The largest absolute Gasteiger partial charge is 0.325 e. The van der Waals surface area contributed by atoms with Gasteiger partial charge in [0.25, 0.3) is 5.91 Å². The standard InChI is InChI=1S/C26H25N3O3S/c1-2-26(20-13-7-4-8-14-20)24(31)29(25(32)28-26)17-23(30)27-21-15-9-10-16-22(21)33-18-19-11-5-3-6-12-19/h3-16H,2,17-18H2,1H3,(H,27,30)(H,28,32)/t26-/m0/s1. The summed E-state index contributed by atoms with van der Waals surface area (Å²) in [6, 6.07) is 26.1. The lowest BCUT2D eigenvalue weighted by Gasteiger charge is -2.25. The average Bonchev–Trinajstić information content (AvgIpc) is 3.10. The number of anilines is 1. The number of benzene rings is 3. The van der Waals surface area contributed by atoms with Gasteiger partial charge in [-0.1, -0.05) is 79.7 Å². The fourth-order valence-electron chi connectivity index (χ4n) is 3.90. The Labute approximate surface area is 197 Å². The third-order valence-corrected chi connectivity index (χ3v) is 6.82. The molecule has 6 nitrogen and oxygen atoms in total. The molecular formula is C26H25N3O3S. The second-order valence-electron chi connectivity index (χ2n) is 7.76. The maximum Gasteiger partial charge on any atom is 0.325 e. The molecule has 0 aliphatic carbocycles. The van der Waals surface area contributed by atoms with Crippen LogP contribution < -0.4 is 10.6 Å². The van der Waals surface area contributed by atoms with Crippen molar-refractivity contribution in [2.24, 2.45) is 0 Å². The zero-order valence-electron chi connectivity index (χ0n) is 18.3. The summed E-state index contributed by atoms with van der Waals surface area (Å²) in [6.45, 7) is 1.49. The predicted octanol–water partition coefficient (Wildman–Crippen LogP) is 4.77. The lowest BCUT2D eigenvalue weighted by molar-refractivity contribution is -0.134. The molecule has 4 amide bonds. The molecule has 3 aromatic rings. The summed E-state index contributed by atoms with van der Waals surface area (Å²) < 4.78 is 0. The molecule has 1 heterocycles. The number of carbonyl (C=O) groups excluding carboxylic acids is 3. The molecule has 3 aromatic carbocycles. The highest BCUT2D eigenvalue weighted by molar-refractivity contribution is 7.98. The predicted molar refractivity (Wildman–Crippen MR) is 130 cm³/mol. The summed E-state index contributed by atoms with van der Waals surface area (Å²) in [6.07, 6.45) is 0.388. The molecule has 0 spiro atoms. The highest BCUT2D eigenvalue weighted by Crippen LogP contribution is 2.33. The zero-order chi connectivity index (χ0) is 23.3. The van der Waals surface area contributed by atoms with E-state index in [9.17, 15) is 14.4 Å². The van der Waals surface area contributed by atoms with Crippen molar-refractivity contribution in [3.63, 3.8) is 0 Å². The van der Waals surface area contributed by atoms with E-state index in [0.29, 0.717) is 17.7 Å². The van der Waals surface area contributed by atoms with Crippen molar-refractivity contribution in [2.45, 2.75) is 29.5 Å². The lowest BCUT2D eigenvalue weighted by atomic mass is 9.87. The number of imide groups is 1. The Balaban J connectivity index is 1.45. The molecule has 1 aliphatic heterocycles. The van der Waals surface area contributed by atoms with Crippen molar-refractivity contribution in [3.8, 4) is 0 Å². The van der Waals surface area contributed by atoms with Gasteiger partial charge in [-0.3, -0.25) is 14.5 Å². The monoisotopic (exact) mass is 459 g/mol. The van der Waals surface area contributed by atoms with E-state index >= 15 is 0 Å². The first kappa shape index (κ1) is 22.6. The van der Waals surface area contributed by atoms with Gasteiger partial charge in [0.05, 0.1) is 5.69 Å². The minimum Gasteiger partial charge on any atom is -0.324 e. The average molecular weight is 460 g/mol. The quantitative estimate of drug-likeness (QED) is 0.376. The molecule has 1 saturated heterocycles. The van der Waals surface area contributed by atoms with Gasteiger partial charge < -0.3 is 10.6 Å². The highest BCUT2D eigenvalue weighted by atomic mass is 32.2. The fraction of sp³-hybridized carbons (Fsp3) is 0.192. The Morgan fingerprint density at radius 3 is 2.27 bits per heavy atom. The molecule has 1 atom stereocenters. The Morgan fingerprint density at radius 1 is 0.939 bits per heavy atom. The van der Waals surface area contributed by atoms with Crippen LogP contribution in [0.1, 0.15) is 24.5 Å². The minimum atomic E-state index is -1.15. The summed E-state index contributed by atoms with van der Waals surface area (Å²) >= 11 is 1.61. The lowest BCUT2D eigenvalue weighted by Crippen LogP contribution is -2.44. The third kappa shape index (κ3) is 4.78. The van der Waals surface area contributed by atoms with Crippen LogP contribution >= 0.6 is 11.8 Å². The van der Waals surface area contributed by atoms with Gasteiger partial charge in [-0.2, -0.15) is 0 Å². The third-order valence-electron chi connectivity index (χ3n) is 5.67. The Kier molecular flexibility index (Phi) is 6.79. The number of hydrogen-bond acceptors (Lipinski definition) is 4. The SMILES string of the molecule is CC[C@@]1(c2ccccc2)NC(=O)N(CC(=O)Nc2ccccc2SCc2ccccc2)C1=O. The maximum absolute atomic E-state index is 13.2. The van der Waals surface area contributed by atoms with E-state index in [-0.39, 0.29) is 6.54 Å². The number of carbonyl (C=O) groups is 3. The Hall–Kier alpha value is -3.58. The molecular weight excluding hydrogens is 434 g/mol. The van der Waals surface area contributed by atoms with Gasteiger partial charge in [0.1, 0.15) is 12.1 Å². The maximum atomic E-state index is 13.2. The Morgan fingerprint density at radius 2 is 1.58 bits per heavy atom. The number of nitrogens with one attached hydrogen (secondary N) is 2. The van der Waals surface area contributed by atoms with Gasteiger partial charge in [-0.05, 0) is 29.7 Å². The van der Waals surface area contributed by atoms with Crippen LogP contribution in [0, 0.1) is 0 Å². The highest BCUT2D eigenvalue weighted by Gasteiger charge is 2.51. The normalized spacial score (nSPS) is 17.7. The first-order valence-electron chi connectivity index (χ1n) is 10.8. The fourth-order valence-corrected chi connectivity index (χ4v) is 4.86. The molecule has 4 rings (SSSR count). The second-order valence-corrected chi connectivity index (χ2v) is 8.78. The van der Waals surface area contributed by atoms with Crippen molar-refractivity contribution in [2.75, 3.05) is 11.9 Å². The Bertz CT molecular complexity index is 1150. The van der Waals surface area contributed by atoms with E-state index in [2.05, 4.69) is 22.8 Å². The molecule has 168 valence electrons. The van der Waals surface area contributed by atoms with Crippen LogP contribution in [0.4, 0.5) is 10.5 Å². The van der Waals surface area contributed by atoms with Crippen molar-refractivity contribution in [1.29, 1.82) is 0 Å². The topological polar surface area (TPSA) is 78.5 Å². The number of amides is 4. The van der Waals surface area contributed by atoms with Gasteiger partial charge in [0.2, 0.25) is 5.91 Å². The van der Waals surface area contributed by atoms with Crippen molar-refractivity contribution in [1.82, 2.24) is 10.2 Å².